The topological polar surface area (TPSA) is 95.3 Å². The fourth-order valence-electron chi connectivity index (χ4n) is 3.79. The van der Waals surface area contributed by atoms with Crippen LogP contribution in [0.3, 0.4) is 0 Å². The summed E-state index contributed by atoms with van der Waals surface area (Å²) in [6.07, 6.45) is 2.12. The number of rotatable bonds is 9. The van der Waals surface area contributed by atoms with Crippen molar-refractivity contribution in [2.24, 2.45) is 0 Å². The van der Waals surface area contributed by atoms with Gasteiger partial charge in [-0.1, -0.05) is 36.4 Å². The summed E-state index contributed by atoms with van der Waals surface area (Å²) in [5.74, 6) is 0.668. The van der Waals surface area contributed by atoms with E-state index in [1.807, 2.05) is 68.4 Å². The van der Waals surface area contributed by atoms with Crippen LogP contribution in [0.4, 0.5) is 5.82 Å². The van der Waals surface area contributed by atoms with Gasteiger partial charge in [0.25, 0.3) is 0 Å². The van der Waals surface area contributed by atoms with Gasteiger partial charge in [0, 0.05) is 11.8 Å². The Morgan fingerprint density at radius 1 is 1.03 bits per heavy atom. The number of fused-ring (bicyclic) bond motifs is 1. The second-order valence-corrected chi connectivity index (χ2v) is 8.12. The van der Waals surface area contributed by atoms with Crippen molar-refractivity contribution in [2.75, 3.05) is 18.5 Å². The minimum Gasteiger partial charge on any atom is -0.494 e. The summed E-state index contributed by atoms with van der Waals surface area (Å²) in [4.78, 5) is 30.1. The number of benzene rings is 2. The molecule has 2 heterocycles. The molecule has 35 heavy (non-hydrogen) atoms. The number of anilines is 1. The SMILES string of the molecule is CCOC(=O)c1cnn(-c2cc(C)c3cccc(C)c3n2)c1NC(=O)CCCOc1ccccc1. The quantitative estimate of drug-likeness (QED) is 0.272. The number of carbonyl (C=O) groups is 2. The average molecular weight is 473 g/mol. The molecule has 0 aliphatic rings. The number of hydrogen-bond donors (Lipinski definition) is 1. The average Bonchev–Trinajstić information content (AvgIpc) is 3.27. The molecule has 8 nitrogen and oxygen atoms in total. The number of aromatic nitrogens is 3. The summed E-state index contributed by atoms with van der Waals surface area (Å²) >= 11 is 0. The lowest BCUT2D eigenvalue weighted by atomic mass is 10.1. The van der Waals surface area contributed by atoms with Crippen molar-refractivity contribution in [1.29, 1.82) is 0 Å². The van der Waals surface area contributed by atoms with Crippen LogP contribution in [0.25, 0.3) is 16.7 Å². The number of hydrogen-bond acceptors (Lipinski definition) is 6. The van der Waals surface area contributed by atoms with E-state index in [1.54, 1.807) is 6.92 Å². The Morgan fingerprint density at radius 3 is 2.60 bits per heavy atom. The van der Waals surface area contributed by atoms with Crippen LogP contribution in [0.15, 0.2) is 60.8 Å². The van der Waals surface area contributed by atoms with E-state index in [4.69, 9.17) is 14.5 Å². The van der Waals surface area contributed by atoms with Gasteiger partial charge in [-0.05, 0) is 56.5 Å². The maximum absolute atomic E-state index is 12.8. The highest BCUT2D eigenvalue weighted by Gasteiger charge is 2.22. The van der Waals surface area contributed by atoms with Crippen molar-refractivity contribution in [1.82, 2.24) is 14.8 Å². The molecular formula is C27H28N4O4. The van der Waals surface area contributed by atoms with Crippen LogP contribution >= 0.6 is 0 Å². The molecule has 2 aromatic carbocycles. The van der Waals surface area contributed by atoms with Gasteiger partial charge in [0.2, 0.25) is 5.91 Å². The Labute approximate surface area is 203 Å². The first-order chi connectivity index (χ1) is 17.0. The zero-order chi connectivity index (χ0) is 24.8. The van der Waals surface area contributed by atoms with E-state index in [9.17, 15) is 9.59 Å². The van der Waals surface area contributed by atoms with Gasteiger partial charge in [-0.25, -0.2) is 9.78 Å². The van der Waals surface area contributed by atoms with Crippen LogP contribution in [0, 0.1) is 13.8 Å². The van der Waals surface area contributed by atoms with Crippen LogP contribution in [0.2, 0.25) is 0 Å². The summed E-state index contributed by atoms with van der Waals surface area (Å²) in [6.45, 7) is 6.32. The predicted molar refractivity (Wildman–Crippen MR) is 134 cm³/mol. The lowest BCUT2D eigenvalue weighted by Gasteiger charge is -2.13. The number of nitrogens with zero attached hydrogens (tertiary/aromatic N) is 3. The van der Waals surface area contributed by atoms with E-state index < -0.39 is 5.97 Å². The number of nitrogens with one attached hydrogen (secondary N) is 1. The van der Waals surface area contributed by atoms with Gasteiger partial charge in [-0.2, -0.15) is 9.78 Å². The monoisotopic (exact) mass is 472 g/mol. The Balaban J connectivity index is 1.57. The fraction of sp³-hybridized carbons (Fsp3) is 0.259. The second-order valence-electron chi connectivity index (χ2n) is 8.12. The first-order valence-corrected chi connectivity index (χ1v) is 11.6. The first-order valence-electron chi connectivity index (χ1n) is 11.6. The molecule has 0 radical (unpaired) electrons. The second kappa shape index (κ2) is 10.8. The van der Waals surface area contributed by atoms with Crippen LogP contribution in [-0.4, -0.2) is 39.9 Å². The van der Waals surface area contributed by atoms with Gasteiger partial charge >= 0.3 is 5.97 Å². The molecule has 0 fully saturated rings. The van der Waals surface area contributed by atoms with Crippen molar-refractivity contribution in [3.63, 3.8) is 0 Å². The molecule has 0 spiro atoms. The van der Waals surface area contributed by atoms with Gasteiger partial charge < -0.3 is 14.8 Å². The first kappa shape index (κ1) is 23.9. The summed E-state index contributed by atoms with van der Waals surface area (Å²) in [7, 11) is 0. The van der Waals surface area contributed by atoms with Crippen molar-refractivity contribution < 1.29 is 19.1 Å². The van der Waals surface area contributed by atoms with Crippen LogP contribution < -0.4 is 10.1 Å². The number of aryl methyl sites for hydroxylation is 2. The summed E-state index contributed by atoms with van der Waals surface area (Å²) in [5, 5.41) is 8.25. The summed E-state index contributed by atoms with van der Waals surface area (Å²) < 4.78 is 12.3. The van der Waals surface area contributed by atoms with Crippen LogP contribution in [-0.2, 0) is 9.53 Å². The zero-order valence-electron chi connectivity index (χ0n) is 20.1. The molecule has 0 saturated carbocycles. The van der Waals surface area contributed by atoms with E-state index in [1.165, 1.54) is 10.9 Å². The van der Waals surface area contributed by atoms with Crippen molar-refractivity contribution in [3.05, 3.63) is 77.5 Å². The van der Waals surface area contributed by atoms with E-state index >= 15 is 0 Å². The molecule has 4 aromatic rings. The third-order valence-electron chi connectivity index (χ3n) is 5.53. The number of amides is 1. The molecule has 0 aliphatic carbocycles. The molecule has 0 atom stereocenters. The highest BCUT2D eigenvalue weighted by atomic mass is 16.5. The van der Waals surface area contributed by atoms with Crippen LogP contribution in [0.1, 0.15) is 41.3 Å². The maximum Gasteiger partial charge on any atom is 0.343 e. The Bertz CT molecular complexity index is 1350. The van der Waals surface area contributed by atoms with Crippen molar-refractivity contribution >= 4 is 28.6 Å². The van der Waals surface area contributed by atoms with Gasteiger partial charge in [-0.3, -0.25) is 4.79 Å². The Kier molecular flexibility index (Phi) is 7.40. The molecule has 1 amide bonds. The number of pyridine rings is 1. The fourth-order valence-corrected chi connectivity index (χ4v) is 3.79. The van der Waals surface area contributed by atoms with Gasteiger partial charge in [0.1, 0.15) is 11.3 Å². The van der Waals surface area contributed by atoms with E-state index in [0.717, 1.165) is 27.8 Å². The third kappa shape index (κ3) is 5.48. The van der Waals surface area contributed by atoms with Gasteiger partial charge in [0.15, 0.2) is 11.6 Å². The molecule has 8 heteroatoms. The molecule has 0 unspecified atom stereocenters. The molecular weight excluding hydrogens is 444 g/mol. The number of ether oxygens (including phenoxy) is 2. The van der Waals surface area contributed by atoms with Crippen LogP contribution in [0.5, 0.6) is 5.75 Å². The summed E-state index contributed by atoms with van der Waals surface area (Å²) in [5.41, 5.74) is 3.04. The maximum atomic E-state index is 12.8. The molecule has 0 saturated heterocycles. The lowest BCUT2D eigenvalue weighted by molar-refractivity contribution is -0.116. The van der Waals surface area contributed by atoms with E-state index in [-0.39, 0.29) is 30.3 Å². The standard InChI is InChI=1S/C27H28N4O4/c1-4-34-27(33)22-17-28-31(23-16-19(3)21-13-8-10-18(2)25(21)29-23)26(22)30-24(32)14-9-15-35-20-11-6-5-7-12-20/h5-8,10-13,16-17H,4,9,14-15H2,1-3H3,(H,30,32). The van der Waals surface area contributed by atoms with Crippen molar-refractivity contribution in [3.8, 4) is 11.6 Å². The minimum atomic E-state index is -0.560. The number of para-hydroxylation sites is 2. The predicted octanol–water partition coefficient (Wildman–Crippen LogP) is 5.01. The molecule has 0 aliphatic heterocycles. The highest BCUT2D eigenvalue weighted by molar-refractivity contribution is 6.00. The minimum absolute atomic E-state index is 0.171. The van der Waals surface area contributed by atoms with E-state index in [0.29, 0.717) is 18.8 Å². The number of carbonyl (C=O) groups excluding carboxylic acids is 2. The lowest BCUT2D eigenvalue weighted by Crippen LogP contribution is -2.19. The van der Waals surface area contributed by atoms with E-state index in [2.05, 4.69) is 10.4 Å². The zero-order valence-corrected chi connectivity index (χ0v) is 20.1. The smallest absolute Gasteiger partial charge is 0.343 e. The van der Waals surface area contributed by atoms with Crippen molar-refractivity contribution in [2.45, 2.75) is 33.6 Å². The summed E-state index contributed by atoms with van der Waals surface area (Å²) in [6, 6.07) is 17.3. The number of esters is 1. The molecule has 1 N–H and O–H groups in total. The Hall–Kier alpha value is -4.20. The normalized spacial score (nSPS) is 10.8. The molecule has 180 valence electrons. The third-order valence-corrected chi connectivity index (χ3v) is 5.53. The molecule has 2 aromatic heterocycles. The molecule has 0 bridgehead atoms. The van der Waals surface area contributed by atoms with Gasteiger partial charge in [-0.15, -0.1) is 0 Å². The highest BCUT2D eigenvalue weighted by Crippen LogP contribution is 2.26. The molecule has 4 rings (SSSR count). The Morgan fingerprint density at radius 2 is 1.83 bits per heavy atom. The van der Waals surface area contributed by atoms with Gasteiger partial charge in [0.05, 0.1) is 24.9 Å². The largest absolute Gasteiger partial charge is 0.494 e.